The maximum atomic E-state index is 13.7. The zero-order valence-corrected chi connectivity index (χ0v) is 16.7. The van der Waals surface area contributed by atoms with Gasteiger partial charge in [-0.1, -0.05) is 24.8 Å². The van der Waals surface area contributed by atoms with Crippen molar-refractivity contribution in [2.75, 3.05) is 5.32 Å². The van der Waals surface area contributed by atoms with Crippen LogP contribution in [0.25, 0.3) is 12.3 Å². The highest BCUT2D eigenvalue weighted by Crippen LogP contribution is 2.48. The van der Waals surface area contributed by atoms with E-state index >= 15 is 0 Å². The summed E-state index contributed by atoms with van der Waals surface area (Å²) in [6, 6.07) is 4.78. The molecule has 1 aliphatic carbocycles. The average Bonchev–Trinajstić information content (AvgIpc) is 3.48. The predicted octanol–water partition coefficient (Wildman–Crippen LogP) is 3.79. The third kappa shape index (κ3) is 3.44. The molecule has 0 atom stereocenters. The first-order valence-electron chi connectivity index (χ1n) is 9.68. The lowest BCUT2D eigenvalue weighted by molar-refractivity contribution is 0.0532. The van der Waals surface area contributed by atoms with Crippen LogP contribution in [0.3, 0.4) is 0 Å². The molecule has 0 spiro atoms. The second-order valence-corrected chi connectivity index (χ2v) is 7.74. The Kier molecular flexibility index (Phi) is 5.03. The van der Waals surface area contributed by atoms with Crippen LogP contribution < -0.4 is 15.9 Å². The number of nitrogens with zero attached hydrogens (tertiary/aromatic N) is 3. The minimum atomic E-state index is -2.55. The molecule has 1 fully saturated rings. The molecule has 0 unspecified atom stereocenters. The lowest BCUT2D eigenvalue weighted by Crippen LogP contribution is -2.46. The van der Waals surface area contributed by atoms with Crippen LogP contribution in [0.15, 0.2) is 30.5 Å². The molecule has 1 saturated carbocycles. The number of aromatic nitrogens is 2. The van der Waals surface area contributed by atoms with Crippen molar-refractivity contribution in [2.45, 2.75) is 51.6 Å². The number of hydrogen-bond donors (Lipinski definition) is 1. The molecule has 30 heavy (non-hydrogen) atoms. The van der Waals surface area contributed by atoms with Crippen molar-refractivity contribution in [1.82, 2.24) is 14.9 Å². The molecule has 4 nitrogen and oxygen atoms in total. The first-order valence-corrected chi connectivity index (χ1v) is 9.68. The zero-order valence-electron chi connectivity index (χ0n) is 16.7. The van der Waals surface area contributed by atoms with Gasteiger partial charge in [0, 0.05) is 24.0 Å². The van der Waals surface area contributed by atoms with Crippen molar-refractivity contribution >= 4 is 18.1 Å². The van der Waals surface area contributed by atoms with E-state index in [9.17, 15) is 17.6 Å². The van der Waals surface area contributed by atoms with Crippen LogP contribution in [0, 0.1) is 13.8 Å². The van der Waals surface area contributed by atoms with Crippen LogP contribution in [-0.4, -0.2) is 26.8 Å². The zero-order chi connectivity index (χ0) is 21.6. The van der Waals surface area contributed by atoms with E-state index in [2.05, 4.69) is 21.9 Å². The van der Waals surface area contributed by atoms with Crippen molar-refractivity contribution in [1.29, 1.82) is 0 Å². The van der Waals surface area contributed by atoms with E-state index in [1.54, 1.807) is 38.3 Å². The van der Waals surface area contributed by atoms with Crippen molar-refractivity contribution in [3.8, 4) is 0 Å². The van der Waals surface area contributed by atoms with E-state index in [4.69, 9.17) is 0 Å². The average molecular weight is 418 g/mol. The number of anilines is 1. The summed E-state index contributed by atoms with van der Waals surface area (Å²) in [4.78, 5) is 10.4. The molecule has 0 saturated heterocycles. The lowest BCUT2D eigenvalue weighted by atomic mass is 10.0. The second kappa shape index (κ2) is 7.41. The van der Waals surface area contributed by atoms with E-state index in [1.165, 1.54) is 11.0 Å². The number of benzene rings is 1. The number of alkyl halides is 4. The first-order chi connectivity index (χ1) is 14.2. The Hall–Kier alpha value is -2.90. The van der Waals surface area contributed by atoms with Crippen molar-refractivity contribution in [2.24, 2.45) is 0 Å². The molecule has 2 aliphatic rings. The fourth-order valence-electron chi connectivity index (χ4n) is 3.83. The second-order valence-electron chi connectivity index (χ2n) is 7.74. The van der Waals surface area contributed by atoms with E-state index in [0.717, 1.165) is 0 Å². The molecule has 1 N–H and O–H groups in total. The Bertz CT molecular complexity index is 1120. The normalized spacial score (nSPS) is 16.9. The third-order valence-corrected chi connectivity index (χ3v) is 5.78. The van der Waals surface area contributed by atoms with Gasteiger partial charge in [-0.05, 0) is 43.9 Å². The summed E-state index contributed by atoms with van der Waals surface area (Å²) in [5, 5.41) is 4.36. The number of nitrogens with one attached hydrogen (secondary N) is 1. The summed E-state index contributed by atoms with van der Waals surface area (Å²) in [7, 11) is 0. The molecule has 0 amide bonds. The van der Waals surface area contributed by atoms with Gasteiger partial charge in [-0.3, -0.25) is 0 Å². The van der Waals surface area contributed by atoms with E-state index < -0.39 is 18.4 Å². The number of rotatable bonds is 6. The molecule has 4 rings (SSSR count). The van der Waals surface area contributed by atoms with Gasteiger partial charge in [0.25, 0.3) is 12.9 Å². The lowest BCUT2D eigenvalue weighted by Gasteiger charge is -2.32. The number of halogens is 4. The highest BCUT2D eigenvalue weighted by molar-refractivity contribution is 5.58. The molecule has 1 aromatic heterocycles. The topological polar surface area (TPSA) is 41.1 Å². The van der Waals surface area contributed by atoms with Crippen LogP contribution in [-0.2, 0) is 6.54 Å². The molecule has 0 bridgehead atoms. The highest BCUT2D eigenvalue weighted by atomic mass is 19.3. The highest BCUT2D eigenvalue weighted by Gasteiger charge is 2.55. The predicted molar refractivity (Wildman–Crippen MR) is 107 cm³/mol. The van der Waals surface area contributed by atoms with Crippen molar-refractivity contribution < 1.29 is 17.6 Å². The van der Waals surface area contributed by atoms with Crippen LogP contribution in [0.5, 0.6) is 0 Å². The molecule has 0 radical (unpaired) electrons. The fraction of sp³-hybridized carbons (Fsp3) is 0.364. The molecular formula is C22H22F4N4. The van der Waals surface area contributed by atoms with Gasteiger partial charge in [-0.25, -0.2) is 27.5 Å². The third-order valence-electron chi connectivity index (χ3n) is 5.78. The first kappa shape index (κ1) is 20.4. The molecule has 1 aliphatic heterocycles. The maximum absolute atomic E-state index is 13.7. The van der Waals surface area contributed by atoms with E-state index in [1.807, 2.05) is 0 Å². The van der Waals surface area contributed by atoms with Crippen LogP contribution in [0.4, 0.5) is 23.4 Å². The molecule has 158 valence electrons. The summed E-state index contributed by atoms with van der Waals surface area (Å²) >= 11 is 0. The quantitative estimate of drug-likeness (QED) is 0.725. The molecule has 2 heterocycles. The van der Waals surface area contributed by atoms with Gasteiger partial charge in [0.05, 0.1) is 10.6 Å². The van der Waals surface area contributed by atoms with E-state index in [-0.39, 0.29) is 12.1 Å². The standard InChI is InChI=1S/C22H22F4N4/c1-12-9-18-17(11-30(12)22(7-8-22)21(25)26)20(29-14(3)28-18)27-10-15-5-4-6-16(13(15)2)19(23)24/h4-6,9,11,19,21H,1,7-8,10H2,2-3H3,(H,27,28,29). The van der Waals surface area contributed by atoms with Crippen molar-refractivity contribution in [3.05, 3.63) is 63.6 Å². The summed E-state index contributed by atoms with van der Waals surface area (Å²) < 4.78 is 53.7. The van der Waals surface area contributed by atoms with Gasteiger partial charge >= 0.3 is 0 Å². The smallest absolute Gasteiger partial charge is 0.264 e. The minimum absolute atomic E-state index is 0.00910. The van der Waals surface area contributed by atoms with Crippen LogP contribution >= 0.6 is 0 Å². The van der Waals surface area contributed by atoms with Gasteiger partial charge in [0.1, 0.15) is 17.2 Å². The summed E-state index contributed by atoms with van der Waals surface area (Å²) in [6.07, 6.45) is -0.966. The minimum Gasteiger partial charge on any atom is -0.365 e. The number of fused-ring (bicyclic) bond motifs is 1. The number of aryl methyl sites for hydroxylation is 1. The van der Waals surface area contributed by atoms with Gasteiger partial charge in [0.2, 0.25) is 0 Å². The number of hydrogen-bond acceptors (Lipinski definition) is 4. The molecule has 2 aromatic rings. The Morgan fingerprint density at radius 1 is 1.17 bits per heavy atom. The van der Waals surface area contributed by atoms with E-state index in [0.29, 0.717) is 51.9 Å². The molecule has 1 aromatic carbocycles. The monoisotopic (exact) mass is 418 g/mol. The van der Waals surface area contributed by atoms with Crippen LogP contribution in [0.1, 0.15) is 41.8 Å². The summed E-state index contributed by atoms with van der Waals surface area (Å²) in [6.45, 7) is 7.59. The molecule has 8 heteroatoms. The largest absolute Gasteiger partial charge is 0.365 e. The Labute approximate surface area is 171 Å². The summed E-state index contributed by atoms with van der Waals surface area (Å²) in [5.41, 5.74) is 0.454. The number of allylic oxidation sites excluding steroid dienone is 1. The van der Waals surface area contributed by atoms with Gasteiger partial charge in [-0.2, -0.15) is 0 Å². The SMILES string of the molecule is C=C1C=c2nc(C)nc(NCc3cccc(C(F)F)c3C)c2=CN1C1(C(F)F)CC1. The van der Waals surface area contributed by atoms with Crippen LogP contribution in [0.2, 0.25) is 0 Å². The Morgan fingerprint density at radius 2 is 1.90 bits per heavy atom. The van der Waals surface area contributed by atoms with Gasteiger partial charge in [-0.15, -0.1) is 0 Å². The molecular weight excluding hydrogens is 396 g/mol. The van der Waals surface area contributed by atoms with Gasteiger partial charge in [0.15, 0.2) is 0 Å². The maximum Gasteiger partial charge on any atom is 0.264 e. The Balaban J connectivity index is 1.71. The summed E-state index contributed by atoms with van der Waals surface area (Å²) in [5.74, 6) is 0.980. The van der Waals surface area contributed by atoms with Gasteiger partial charge < -0.3 is 10.2 Å². The Morgan fingerprint density at radius 3 is 2.53 bits per heavy atom. The van der Waals surface area contributed by atoms with Crippen molar-refractivity contribution in [3.63, 3.8) is 0 Å². The fourth-order valence-corrected chi connectivity index (χ4v) is 3.83.